The van der Waals surface area contributed by atoms with E-state index in [0.29, 0.717) is 12.0 Å². The molecule has 2 N–H and O–H groups in total. The van der Waals surface area contributed by atoms with Crippen LogP contribution >= 0.6 is 0 Å². The van der Waals surface area contributed by atoms with Gasteiger partial charge >= 0.3 is 5.97 Å². The number of para-hydroxylation sites is 1. The van der Waals surface area contributed by atoms with Gasteiger partial charge in [-0.2, -0.15) is 0 Å². The van der Waals surface area contributed by atoms with Gasteiger partial charge in [0, 0.05) is 29.9 Å². The number of methoxy groups -OCH3 is 1. The van der Waals surface area contributed by atoms with Gasteiger partial charge in [-0.3, -0.25) is 9.69 Å². The van der Waals surface area contributed by atoms with Crippen molar-refractivity contribution in [2.24, 2.45) is 5.92 Å². The van der Waals surface area contributed by atoms with Crippen LogP contribution in [0, 0.1) is 5.92 Å². The highest BCUT2D eigenvalue weighted by Gasteiger charge is 2.66. The number of esters is 1. The fourth-order valence-corrected chi connectivity index (χ4v) is 5.85. The molecule has 1 spiro atoms. The van der Waals surface area contributed by atoms with Crippen LogP contribution in [0.15, 0.2) is 35.5 Å². The van der Waals surface area contributed by atoms with E-state index in [2.05, 4.69) is 16.3 Å². The lowest BCUT2D eigenvalue weighted by atomic mass is 9.59. The Hall–Kier alpha value is -2.18. The molecule has 0 radical (unpaired) electrons. The number of aliphatic hydroxyl groups is 1. The number of ketones is 1. The van der Waals surface area contributed by atoms with Gasteiger partial charge in [-0.05, 0) is 37.9 Å². The molecular weight excluding hydrogens is 332 g/mol. The Kier molecular flexibility index (Phi) is 3.06. The highest BCUT2D eigenvalue weighted by molar-refractivity contribution is 5.97. The number of rotatable bonds is 2. The SMILES string of the molecule is COC(=O)C1=C2Nc3ccccc3C23CCN2C[C@@](O)(C(C)=O)[C@@H]1C[C@H]23. The first-order valence-corrected chi connectivity index (χ1v) is 9.10. The Morgan fingerprint density at radius 1 is 1.35 bits per heavy atom. The average Bonchev–Trinajstić information content (AvgIpc) is 3.18. The predicted octanol–water partition coefficient (Wildman–Crippen LogP) is 1.20. The minimum absolute atomic E-state index is 0.173. The molecule has 0 amide bonds. The van der Waals surface area contributed by atoms with Gasteiger partial charge in [-0.15, -0.1) is 0 Å². The van der Waals surface area contributed by atoms with Crippen molar-refractivity contribution in [2.45, 2.75) is 36.8 Å². The van der Waals surface area contributed by atoms with Gasteiger partial charge in [0.05, 0.1) is 18.1 Å². The molecule has 6 heteroatoms. The zero-order chi connectivity index (χ0) is 18.3. The fraction of sp³-hybridized carbons (Fsp3) is 0.500. The number of benzene rings is 1. The summed E-state index contributed by atoms with van der Waals surface area (Å²) in [4.78, 5) is 27.4. The molecule has 4 atom stereocenters. The van der Waals surface area contributed by atoms with Gasteiger partial charge in [0.15, 0.2) is 5.78 Å². The van der Waals surface area contributed by atoms with Crippen LogP contribution in [-0.2, 0) is 19.7 Å². The number of carbonyl (C=O) groups is 2. The Balaban J connectivity index is 1.82. The van der Waals surface area contributed by atoms with E-state index in [9.17, 15) is 14.7 Å². The maximum absolute atomic E-state index is 12.8. The lowest BCUT2D eigenvalue weighted by molar-refractivity contribution is -0.154. The van der Waals surface area contributed by atoms with E-state index in [1.54, 1.807) is 0 Å². The van der Waals surface area contributed by atoms with Crippen LogP contribution in [0.3, 0.4) is 0 Å². The normalized spacial score (nSPS) is 37.0. The standard InChI is InChI=1S/C20H22N2O4/c1-11(23)20(25)10-22-8-7-19-12-5-3-4-6-14(12)21-17(19)16(18(24)26-2)13(20)9-15(19)22/h3-6,13,15,21,25H,7-10H2,1-2H3/t13-,15+,19?,20-/m1/s1. The predicted molar refractivity (Wildman–Crippen MR) is 94.5 cm³/mol. The van der Waals surface area contributed by atoms with Crippen LogP contribution in [0.1, 0.15) is 25.3 Å². The third-order valence-electron chi connectivity index (χ3n) is 7.03. The second kappa shape index (κ2) is 4.96. The van der Waals surface area contributed by atoms with Crippen LogP contribution in [0.5, 0.6) is 0 Å². The van der Waals surface area contributed by atoms with Crippen molar-refractivity contribution in [3.63, 3.8) is 0 Å². The zero-order valence-electron chi connectivity index (χ0n) is 14.9. The third kappa shape index (κ3) is 1.65. The smallest absolute Gasteiger partial charge is 0.335 e. The molecule has 0 aromatic heterocycles. The maximum atomic E-state index is 12.8. The molecule has 6 nitrogen and oxygen atoms in total. The van der Waals surface area contributed by atoms with Crippen LogP contribution in [0.2, 0.25) is 0 Å². The number of hydrogen-bond donors (Lipinski definition) is 2. The van der Waals surface area contributed by atoms with Gasteiger partial charge in [-0.25, -0.2) is 4.79 Å². The molecule has 1 aromatic rings. The topological polar surface area (TPSA) is 78.9 Å². The lowest BCUT2D eigenvalue weighted by Gasteiger charge is -2.53. The van der Waals surface area contributed by atoms with E-state index in [4.69, 9.17) is 4.74 Å². The van der Waals surface area contributed by atoms with Crippen molar-refractivity contribution in [1.82, 2.24) is 4.90 Å². The monoisotopic (exact) mass is 354 g/mol. The lowest BCUT2D eigenvalue weighted by Crippen LogP contribution is -2.65. The average molecular weight is 354 g/mol. The molecule has 3 heterocycles. The molecular formula is C20H22N2O4. The minimum Gasteiger partial charge on any atom is -0.466 e. The molecule has 1 aliphatic carbocycles. The number of piperidine rings is 1. The molecule has 26 heavy (non-hydrogen) atoms. The van der Waals surface area contributed by atoms with Gasteiger partial charge in [-0.1, -0.05) is 18.2 Å². The number of nitrogens with one attached hydrogen (secondary N) is 1. The summed E-state index contributed by atoms with van der Waals surface area (Å²) in [6, 6.07) is 8.32. The number of fused-ring (bicyclic) bond motifs is 2. The van der Waals surface area contributed by atoms with Crippen molar-refractivity contribution in [3.05, 3.63) is 41.1 Å². The van der Waals surface area contributed by atoms with Crippen molar-refractivity contribution >= 4 is 17.4 Å². The Morgan fingerprint density at radius 3 is 2.85 bits per heavy atom. The van der Waals surface area contributed by atoms with Gasteiger partial charge in [0.1, 0.15) is 5.60 Å². The van der Waals surface area contributed by atoms with Gasteiger partial charge in [0.2, 0.25) is 0 Å². The highest BCUT2D eigenvalue weighted by Crippen LogP contribution is 2.61. The number of hydrogen-bond acceptors (Lipinski definition) is 6. The molecule has 2 fully saturated rings. The number of nitrogens with zero attached hydrogens (tertiary/aromatic N) is 1. The molecule has 5 rings (SSSR count). The van der Waals surface area contributed by atoms with E-state index in [1.165, 1.54) is 19.6 Å². The van der Waals surface area contributed by atoms with E-state index in [-0.39, 0.29) is 23.8 Å². The first-order chi connectivity index (χ1) is 12.4. The Morgan fingerprint density at radius 2 is 2.12 bits per heavy atom. The van der Waals surface area contributed by atoms with E-state index in [1.807, 2.05) is 18.2 Å². The second-order valence-electron chi connectivity index (χ2n) is 7.93. The summed E-state index contributed by atoms with van der Waals surface area (Å²) in [7, 11) is 1.35. The van der Waals surface area contributed by atoms with Crippen molar-refractivity contribution in [3.8, 4) is 0 Å². The van der Waals surface area contributed by atoms with Crippen molar-refractivity contribution in [2.75, 3.05) is 25.5 Å². The zero-order valence-corrected chi connectivity index (χ0v) is 14.9. The second-order valence-corrected chi connectivity index (χ2v) is 7.93. The molecule has 136 valence electrons. The fourth-order valence-electron chi connectivity index (χ4n) is 5.85. The largest absolute Gasteiger partial charge is 0.466 e. The summed E-state index contributed by atoms with van der Waals surface area (Å²) in [5.74, 6) is -1.29. The summed E-state index contributed by atoms with van der Waals surface area (Å²) in [6.07, 6.45) is 1.44. The summed E-state index contributed by atoms with van der Waals surface area (Å²) >= 11 is 0. The van der Waals surface area contributed by atoms with Crippen LogP contribution in [-0.4, -0.2) is 53.6 Å². The first kappa shape index (κ1) is 16.0. The summed E-state index contributed by atoms with van der Waals surface area (Å²) in [5, 5.41) is 14.7. The third-order valence-corrected chi connectivity index (χ3v) is 7.03. The molecule has 1 aromatic carbocycles. The molecule has 1 unspecified atom stereocenters. The number of carbonyl (C=O) groups excluding carboxylic acids is 2. The van der Waals surface area contributed by atoms with E-state index in [0.717, 1.165) is 24.4 Å². The Bertz CT molecular complexity index is 878. The number of Topliss-reactive ketones (excluding diaryl/α,β-unsaturated/α-hetero) is 1. The number of ether oxygens (including phenoxy) is 1. The maximum Gasteiger partial charge on any atom is 0.335 e. The molecule has 3 aliphatic heterocycles. The first-order valence-electron chi connectivity index (χ1n) is 9.10. The van der Waals surface area contributed by atoms with E-state index >= 15 is 0 Å². The molecule has 4 aliphatic rings. The summed E-state index contributed by atoms with van der Waals surface area (Å²) in [5.41, 5.74) is 1.64. The van der Waals surface area contributed by atoms with Crippen molar-refractivity contribution < 1.29 is 19.4 Å². The minimum atomic E-state index is -1.56. The Labute approximate surface area is 151 Å². The molecule has 2 bridgehead atoms. The summed E-state index contributed by atoms with van der Waals surface area (Å²) < 4.78 is 5.09. The number of anilines is 1. The highest BCUT2D eigenvalue weighted by atomic mass is 16.5. The quantitative estimate of drug-likeness (QED) is 0.777. The van der Waals surface area contributed by atoms with Crippen LogP contribution in [0.25, 0.3) is 0 Å². The van der Waals surface area contributed by atoms with Crippen LogP contribution < -0.4 is 5.32 Å². The molecule has 0 saturated carbocycles. The van der Waals surface area contributed by atoms with Crippen LogP contribution in [0.4, 0.5) is 5.69 Å². The van der Waals surface area contributed by atoms with Crippen molar-refractivity contribution in [1.29, 1.82) is 0 Å². The molecule has 2 saturated heterocycles. The summed E-state index contributed by atoms with van der Waals surface area (Å²) in [6.45, 7) is 2.48. The van der Waals surface area contributed by atoms with E-state index < -0.39 is 17.5 Å². The van der Waals surface area contributed by atoms with Gasteiger partial charge < -0.3 is 15.2 Å². The van der Waals surface area contributed by atoms with Gasteiger partial charge in [0.25, 0.3) is 0 Å².